The van der Waals surface area contributed by atoms with Crippen LogP contribution in [0.3, 0.4) is 0 Å². The molecule has 0 aliphatic heterocycles. The summed E-state index contributed by atoms with van der Waals surface area (Å²) in [6.45, 7) is 2.09. The van der Waals surface area contributed by atoms with Crippen LogP contribution < -0.4 is 0 Å². The van der Waals surface area contributed by atoms with Gasteiger partial charge in [0.1, 0.15) is 0 Å². The van der Waals surface area contributed by atoms with Gasteiger partial charge in [0.2, 0.25) is 0 Å². The van der Waals surface area contributed by atoms with Crippen LogP contribution in [-0.4, -0.2) is 25.1 Å². The number of halogens is 3. The summed E-state index contributed by atoms with van der Waals surface area (Å²) in [5.41, 5.74) is -3.58. The van der Waals surface area contributed by atoms with Gasteiger partial charge in [-0.05, 0) is 11.1 Å². The van der Waals surface area contributed by atoms with Gasteiger partial charge in [0.05, 0.1) is 13.2 Å². The number of benzene rings is 2. The lowest BCUT2D eigenvalue weighted by molar-refractivity contribution is -0.0510. The largest absolute Gasteiger partial charge is 0.522 e. The number of hydrogen-bond donors (Lipinski definition) is 1. The highest BCUT2D eigenvalue weighted by Gasteiger charge is 2.44. The lowest BCUT2D eigenvalue weighted by Crippen LogP contribution is -2.21. The molecule has 1 N–H and O–H groups in total. The molecule has 0 fully saturated rings. The Balaban J connectivity index is 0.000000387. The molecule has 0 heterocycles. The minimum Gasteiger partial charge on any atom is -0.304 e. The summed E-state index contributed by atoms with van der Waals surface area (Å²) >= 11 is 0. The van der Waals surface area contributed by atoms with Crippen LogP contribution in [0.15, 0.2) is 60.7 Å². The van der Waals surface area contributed by atoms with Crippen LogP contribution >= 0.6 is 7.60 Å². The van der Waals surface area contributed by atoms with E-state index >= 15 is 0 Å². The van der Waals surface area contributed by atoms with Crippen LogP contribution in [0.2, 0.25) is 0 Å². The maximum absolute atomic E-state index is 12.1. The van der Waals surface area contributed by atoms with E-state index in [9.17, 15) is 17.7 Å². The molecular weight excluding hydrogens is 408 g/mol. The van der Waals surface area contributed by atoms with Crippen molar-refractivity contribution in [3.63, 3.8) is 0 Å². The van der Waals surface area contributed by atoms with E-state index in [4.69, 9.17) is 22.0 Å². The zero-order valence-corrected chi connectivity index (χ0v) is 15.9. The molecule has 2 aromatic carbocycles. The van der Waals surface area contributed by atoms with Crippen molar-refractivity contribution < 1.29 is 39.8 Å². The second-order valence-electron chi connectivity index (χ2n) is 5.21. The summed E-state index contributed by atoms with van der Waals surface area (Å²) in [7, 11) is -8.86. The fourth-order valence-electron chi connectivity index (χ4n) is 1.57. The third-order valence-corrected chi connectivity index (χ3v) is 4.69. The molecule has 0 amide bonds. The Labute approximate surface area is 155 Å². The zero-order valence-electron chi connectivity index (χ0n) is 14.2. The van der Waals surface area contributed by atoms with Gasteiger partial charge >= 0.3 is 23.2 Å². The minimum absolute atomic E-state index is 0.295. The molecule has 0 atom stereocenters. The van der Waals surface area contributed by atoms with Gasteiger partial charge in [-0.3, -0.25) is 9.12 Å². The fraction of sp³-hybridized carbons (Fsp3) is 0.250. The fourth-order valence-corrected chi connectivity index (χ4v) is 2.41. The second kappa shape index (κ2) is 10.0. The van der Waals surface area contributed by atoms with Crippen LogP contribution in [-0.2, 0) is 36.9 Å². The Morgan fingerprint density at radius 1 is 0.889 bits per heavy atom. The Morgan fingerprint density at radius 2 is 1.19 bits per heavy atom. The molecule has 0 unspecified atom stereocenters. The van der Waals surface area contributed by atoms with Crippen molar-refractivity contribution in [1.82, 2.24) is 0 Å². The van der Waals surface area contributed by atoms with E-state index in [1.165, 1.54) is 6.66 Å². The molecule has 6 nitrogen and oxygen atoms in total. The van der Waals surface area contributed by atoms with E-state index < -0.39 is 23.2 Å². The maximum atomic E-state index is 12.1. The molecule has 0 bridgehead atoms. The molecule has 150 valence electrons. The SMILES string of the molecule is CP(=O)(OCc1ccccc1)OCc1ccccc1.O=S(=O)(O)C(F)(F)F. The van der Waals surface area contributed by atoms with Crippen LogP contribution in [0.25, 0.3) is 0 Å². The topological polar surface area (TPSA) is 89.9 Å². The summed E-state index contributed by atoms with van der Waals surface area (Å²) in [6, 6.07) is 19.3. The van der Waals surface area contributed by atoms with E-state index in [-0.39, 0.29) is 0 Å². The first-order valence-electron chi connectivity index (χ1n) is 7.39. The van der Waals surface area contributed by atoms with Gasteiger partial charge in [0.25, 0.3) is 0 Å². The van der Waals surface area contributed by atoms with Gasteiger partial charge in [-0.1, -0.05) is 60.7 Å². The molecule has 0 saturated carbocycles. The molecule has 0 aromatic heterocycles. The molecule has 27 heavy (non-hydrogen) atoms. The predicted molar refractivity (Wildman–Crippen MR) is 93.6 cm³/mol. The molecule has 0 radical (unpaired) electrons. The summed E-state index contributed by atoms with van der Waals surface area (Å²) in [5, 5.41) is 0. The van der Waals surface area contributed by atoms with Crippen molar-refractivity contribution in [2.45, 2.75) is 18.7 Å². The Hall–Kier alpha value is -1.71. The lowest BCUT2D eigenvalue weighted by Gasteiger charge is -2.14. The maximum Gasteiger partial charge on any atom is 0.522 e. The minimum atomic E-state index is -5.84. The first kappa shape index (κ1) is 23.3. The molecule has 0 aliphatic carbocycles. The summed E-state index contributed by atoms with van der Waals surface area (Å²) in [6.07, 6.45) is 0. The highest BCUT2D eigenvalue weighted by atomic mass is 32.2. The first-order chi connectivity index (χ1) is 12.4. The highest BCUT2D eigenvalue weighted by molar-refractivity contribution is 7.86. The number of rotatable bonds is 6. The van der Waals surface area contributed by atoms with Crippen LogP contribution in [0.4, 0.5) is 13.2 Å². The standard InChI is InChI=1S/C15H17O3P.CHF3O3S/c1-19(16,17-12-14-8-4-2-5-9-14)18-13-15-10-6-3-7-11-15;2-1(3,4)8(5,6)7/h2-11H,12-13H2,1H3;(H,5,6,7). The van der Waals surface area contributed by atoms with Crippen molar-refractivity contribution in [3.05, 3.63) is 71.8 Å². The van der Waals surface area contributed by atoms with Crippen molar-refractivity contribution in [3.8, 4) is 0 Å². The lowest BCUT2D eigenvalue weighted by atomic mass is 10.2. The normalized spacial score (nSPS) is 12.2. The third-order valence-electron chi connectivity index (χ3n) is 2.91. The van der Waals surface area contributed by atoms with Crippen LogP contribution in [0, 0.1) is 0 Å². The van der Waals surface area contributed by atoms with E-state index in [1.807, 2.05) is 60.7 Å². The van der Waals surface area contributed by atoms with Crippen molar-refractivity contribution in [2.24, 2.45) is 0 Å². The first-order valence-corrected chi connectivity index (χ1v) is 10.8. The van der Waals surface area contributed by atoms with Gasteiger partial charge in [0, 0.05) is 6.66 Å². The van der Waals surface area contributed by atoms with Crippen LogP contribution in [0.1, 0.15) is 11.1 Å². The van der Waals surface area contributed by atoms with Crippen LogP contribution in [0.5, 0.6) is 0 Å². The zero-order chi connectivity index (χ0) is 20.6. The van der Waals surface area contributed by atoms with Gasteiger partial charge < -0.3 is 9.05 Å². The molecular formula is C16H18F3O6PS. The summed E-state index contributed by atoms with van der Waals surface area (Å²) in [4.78, 5) is 0. The Morgan fingerprint density at radius 3 is 1.44 bits per heavy atom. The predicted octanol–water partition coefficient (Wildman–Crippen LogP) is 4.64. The monoisotopic (exact) mass is 426 g/mol. The number of hydrogen-bond acceptors (Lipinski definition) is 5. The van der Waals surface area contributed by atoms with E-state index in [1.54, 1.807) is 0 Å². The van der Waals surface area contributed by atoms with Crippen molar-refractivity contribution >= 4 is 17.7 Å². The molecule has 11 heteroatoms. The average Bonchev–Trinajstić information content (AvgIpc) is 2.59. The molecule has 0 saturated heterocycles. The van der Waals surface area contributed by atoms with Crippen molar-refractivity contribution in [1.29, 1.82) is 0 Å². The molecule has 2 rings (SSSR count). The average molecular weight is 426 g/mol. The third kappa shape index (κ3) is 9.69. The van der Waals surface area contributed by atoms with Gasteiger partial charge in [0.15, 0.2) is 0 Å². The second-order valence-corrected chi connectivity index (χ2v) is 8.68. The van der Waals surface area contributed by atoms with E-state index in [0.717, 1.165) is 11.1 Å². The van der Waals surface area contributed by atoms with Gasteiger partial charge in [-0.25, -0.2) is 0 Å². The Kier molecular flexibility index (Phi) is 8.64. The summed E-state index contributed by atoms with van der Waals surface area (Å²) in [5.74, 6) is 0. The molecule has 0 spiro atoms. The van der Waals surface area contributed by atoms with E-state index in [2.05, 4.69) is 0 Å². The van der Waals surface area contributed by atoms with Crippen molar-refractivity contribution in [2.75, 3.05) is 6.66 Å². The van der Waals surface area contributed by atoms with Gasteiger partial charge in [-0.2, -0.15) is 21.6 Å². The van der Waals surface area contributed by atoms with Gasteiger partial charge in [-0.15, -0.1) is 0 Å². The molecule has 0 aliphatic rings. The highest BCUT2D eigenvalue weighted by Crippen LogP contribution is 2.45. The van der Waals surface area contributed by atoms with E-state index in [0.29, 0.717) is 13.2 Å². The Bertz CT molecular complexity index is 794. The number of alkyl halides is 3. The smallest absolute Gasteiger partial charge is 0.304 e. The quantitative estimate of drug-likeness (QED) is 0.411. The molecule has 2 aromatic rings. The summed E-state index contributed by atoms with van der Waals surface area (Å²) < 4.78 is 80.4.